The molecule has 0 saturated carbocycles. The number of carbonyl (C=O) groups is 1. The number of carboxylic acids is 1. The molecule has 1 unspecified atom stereocenters. The highest BCUT2D eigenvalue weighted by Crippen LogP contribution is 2.35. The molecular formula is C21H31NO3S. The van der Waals surface area contributed by atoms with Crippen LogP contribution >= 0.6 is 0 Å². The van der Waals surface area contributed by atoms with E-state index < -0.39 is 15.7 Å². The Kier molecular flexibility index (Phi) is 7.85. The molecule has 26 heavy (non-hydrogen) atoms. The summed E-state index contributed by atoms with van der Waals surface area (Å²) < 4.78 is 15.4. The van der Waals surface area contributed by atoms with Crippen LogP contribution in [0, 0.1) is 0 Å². The molecule has 2 atom stereocenters. The highest BCUT2D eigenvalue weighted by Gasteiger charge is 2.32. The molecule has 0 amide bonds. The zero-order valence-electron chi connectivity index (χ0n) is 16.5. The number of allylic oxidation sites excluding steroid dienone is 7. The quantitative estimate of drug-likeness (QED) is 0.397. The summed E-state index contributed by atoms with van der Waals surface area (Å²) in [6.45, 7) is 7.95. The molecule has 144 valence electrons. The van der Waals surface area contributed by atoms with Crippen LogP contribution in [-0.2, 0) is 14.5 Å². The molecule has 4 nitrogen and oxygen atoms in total. The Morgan fingerprint density at radius 2 is 1.96 bits per heavy atom. The maximum absolute atomic E-state index is 12.2. The number of rotatable bonds is 7. The summed E-state index contributed by atoms with van der Waals surface area (Å²) in [7, 11) is -2.31. The molecule has 1 aliphatic carbocycles. The van der Waals surface area contributed by atoms with Crippen molar-refractivity contribution in [3.05, 3.63) is 58.7 Å². The monoisotopic (exact) mass is 377 g/mol. The van der Waals surface area contributed by atoms with Crippen molar-refractivity contribution in [1.82, 2.24) is 4.72 Å². The number of nitrogens with one attached hydrogen (secondary N) is 1. The van der Waals surface area contributed by atoms with E-state index in [-0.39, 0.29) is 5.54 Å². The lowest BCUT2D eigenvalue weighted by Gasteiger charge is -2.37. The lowest BCUT2D eigenvalue weighted by atomic mass is 9.78. The summed E-state index contributed by atoms with van der Waals surface area (Å²) in [6.07, 6.45) is 15.5. The smallest absolute Gasteiger partial charge is 0.328 e. The van der Waals surface area contributed by atoms with E-state index in [0.717, 1.165) is 24.8 Å². The second-order valence-corrected chi connectivity index (χ2v) is 9.53. The first-order valence-corrected chi connectivity index (χ1v) is 10.8. The Hall–Kier alpha value is -1.85. The Balaban J connectivity index is 3.00. The van der Waals surface area contributed by atoms with Crippen LogP contribution in [0.25, 0.3) is 0 Å². The molecule has 2 N–H and O–H groups in total. The minimum absolute atomic E-state index is 0.344. The van der Waals surface area contributed by atoms with Gasteiger partial charge in [-0.05, 0) is 64.0 Å². The predicted octanol–water partition coefficient (Wildman–Crippen LogP) is 4.19. The van der Waals surface area contributed by atoms with E-state index in [1.807, 2.05) is 25.2 Å². The molecule has 5 heteroatoms. The van der Waals surface area contributed by atoms with E-state index >= 15 is 0 Å². The summed E-state index contributed by atoms with van der Waals surface area (Å²) in [5, 5.41) is 8.70. The van der Waals surface area contributed by atoms with E-state index in [0.29, 0.717) is 5.57 Å². The van der Waals surface area contributed by atoms with Crippen LogP contribution in [0.4, 0.5) is 0 Å². The van der Waals surface area contributed by atoms with Crippen molar-refractivity contribution in [3.8, 4) is 0 Å². The highest BCUT2D eigenvalue weighted by molar-refractivity contribution is 7.97. The van der Waals surface area contributed by atoms with E-state index in [9.17, 15) is 9.00 Å². The number of hydrogen-bond donors (Lipinski definition) is 2. The number of hydrogen-bond acceptors (Lipinski definition) is 2. The third-order valence-electron chi connectivity index (χ3n) is 4.31. The summed E-state index contributed by atoms with van der Waals surface area (Å²) in [4.78, 5) is 10.6. The molecule has 0 heterocycles. The van der Waals surface area contributed by atoms with Gasteiger partial charge < -0.3 is 5.11 Å². The van der Waals surface area contributed by atoms with Crippen molar-refractivity contribution in [3.63, 3.8) is 0 Å². The van der Waals surface area contributed by atoms with Crippen LogP contribution in [0.1, 0.15) is 47.0 Å². The van der Waals surface area contributed by atoms with Gasteiger partial charge in [0.05, 0.1) is 5.54 Å². The summed E-state index contributed by atoms with van der Waals surface area (Å²) in [5.74, 6) is 2.80. The zero-order valence-corrected chi connectivity index (χ0v) is 17.3. The molecule has 0 aromatic carbocycles. The van der Waals surface area contributed by atoms with E-state index in [1.165, 1.54) is 17.2 Å². The lowest BCUT2D eigenvalue weighted by Crippen LogP contribution is -2.48. The van der Waals surface area contributed by atoms with Crippen LogP contribution < -0.4 is 4.72 Å². The molecule has 1 aliphatic rings. The van der Waals surface area contributed by atoms with Crippen LogP contribution in [-0.4, -0.2) is 32.9 Å². The fourth-order valence-corrected chi connectivity index (χ4v) is 4.39. The Labute approximate surface area is 158 Å². The largest absolute Gasteiger partial charge is 0.478 e. The van der Waals surface area contributed by atoms with Crippen molar-refractivity contribution in [2.45, 2.75) is 52.5 Å². The van der Waals surface area contributed by atoms with Gasteiger partial charge in [-0.3, -0.25) is 4.21 Å². The van der Waals surface area contributed by atoms with Crippen LogP contribution in [0.2, 0.25) is 0 Å². The van der Waals surface area contributed by atoms with Crippen molar-refractivity contribution < 1.29 is 14.1 Å². The van der Waals surface area contributed by atoms with Crippen molar-refractivity contribution in [2.24, 2.45) is 0 Å². The maximum atomic E-state index is 12.2. The molecule has 0 aromatic heterocycles. The summed E-state index contributed by atoms with van der Waals surface area (Å²) >= 11 is 0. The van der Waals surface area contributed by atoms with Crippen LogP contribution in [0.3, 0.4) is 0 Å². The van der Waals surface area contributed by atoms with Gasteiger partial charge in [-0.2, -0.15) is 0 Å². The van der Waals surface area contributed by atoms with Crippen molar-refractivity contribution >= 4 is 21.5 Å². The fraction of sp³-hybridized carbons (Fsp3) is 0.429. The molecule has 0 aromatic rings. The average Bonchev–Trinajstić information content (AvgIpc) is 2.43. The minimum Gasteiger partial charge on any atom is -0.478 e. The van der Waals surface area contributed by atoms with Gasteiger partial charge >= 0.3 is 5.97 Å². The van der Waals surface area contributed by atoms with Gasteiger partial charge in [0, 0.05) is 22.0 Å². The van der Waals surface area contributed by atoms with Gasteiger partial charge in [-0.1, -0.05) is 41.5 Å². The standard InChI is InChI=1S/C21H31NO3S/c1-16(9-7-10-17(2)15-20(23)24)12-13-19-18(3)11-8-14-21(19,4)22-26(5,6)25/h7,9-10,12-13,15H,5,8,11,14H2,1-4,6H3,(H,22,25)(H,23,24)/b10-7+,13-12+,16-9+,17-15+/t21-,26?/m0/s1. The Bertz CT molecular complexity index is 795. The molecular weight excluding hydrogens is 346 g/mol. The van der Waals surface area contributed by atoms with Gasteiger partial charge in [0.15, 0.2) is 0 Å². The Morgan fingerprint density at radius 1 is 1.31 bits per heavy atom. The molecule has 0 spiro atoms. The van der Waals surface area contributed by atoms with Gasteiger partial charge in [0.2, 0.25) is 0 Å². The van der Waals surface area contributed by atoms with Gasteiger partial charge in [0.25, 0.3) is 0 Å². The van der Waals surface area contributed by atoms with Crippen LogP contribution in [0.15, 0.2) is 58.7 Å². The first-order valence-electron chi connectivity index (χ1n) is 8.68. The summed E-state index contributed by atoms with van der Waals surface area (Å²) in [6, 6.07) is 0. The summed E-state index contributed by atoms with van der Waals surface area (Å²) in [5.41, 5.74) is 3.85. The third-order valence-corrected chi connectivity index (χ3v) is 5.19. The number of carboxylic acid groups (broad SMARTS) is 1. The number of aliphatic carboxylic acids is 1. The predicted molar refractivity (Wildman–Crippen MR) is 113 cm³/mol. The molecule has 0 fully saturated rings. The lowest BCUT2D eigenvalue weighted by molar-refractivity contribution is -0.131. The van der Waals surface area contributed by atoms with Gasteiger partial charge in [0.1, 0.15) is 0 Å². The normalized spacial score (nSPS) is 25.1. The molecule has 0 radical (unpaired) electrons. The highest BCUT2D eigenvalue weighted by atomic mass is 32.2. The molecule has 0 saturated heterocycles. The molecule has 1 rings (SSSR count). The topological polar surface area (TPSA) is 66.4 Å². The van der Waals surface area contributed by atoms with Gasteiger partial charge in [-0.25, -0.2) is 9.52 Å². The van der Waals surface area contributed by atoms with E-state index in [2.05, 4.69) is 30.5 Å². The van der Waals surface area contributed by atoms with Crippen molar-refractivity contribution in [2.75, 3.05) is 6.26 Å². The minimum atomic E-state index is -2.31. The second-order valence-electron chi connectivity index (χ2n) is 7.32. The first kappa shape index (κ1) is 22.2. The van der Waals surface area contributed by atoms with E-state index in [4.69, 9.17) is 5.11 Å². The molecule has 0 bridgehead atoms. The first-order chi connectivity index (χ1) is 11.9. The SMILES string of the molecule is C=S(C)(=O)N[C@@]1(C)CCCC(C)=C1/C=C/C(C)=C/C=C/C(C)=C/C(=O)O. The van der Waals surface area contributed by atoms with Gasteiger partial charge in [-0.15, -0.1) is 0 Å². The fourth-order valence-electron chi connectivity index (χ4n) is 3.22. The van der Waals surface area contributed by atoms with Crippen LogP contribution in [0.5, 0.6) is 0 Å². The Morgan fingerprint density at radius 3 is 2.54 bits per heavy atom. The second kappa shape index (κ2) is 9.19. The maximum Gasteiger partial charge on any atom is 0.328 e. The third kappa shape index (κ3) is 7.58. The molecule has 0 aliphatic heterocycles. The van der Waals surface area contributed by atoms with Crippen molar-refractivity contribution in [1.29, 1.82) is 0 Å². The zero-order chi connectivity index (χ0) is 20.0. The van der Waals surface area contributed by atoms with E-state index in [1.54, 1.807) is 19.3 Å². The average molecular weight is 378 g/mol.